The van der Waals surface area contributed by atoms with Gasteiger partial charge in [0, 0.05) is 12.3 Å². The Kier molecular flexibility index (Phi) is 7.95. The molecule has 2 saturated carbocycles. The largest absolute Gasteiger partial charge is 0.477 e. The Morgan fingerprint density at radius 3 is 2.65 bits per heavy atom. The van der Waals surface area contributed by atoms with Crippen molar-refractivity contribution in [2.75, 3.05) is 13.2 Å². The number of aromatic nitrogens is 5. The molecule has 5 rings (SSSR count). The first-order valence-electron chi connectivity index (χ1n) is 13.5. The van der Waals surface area contributed by atoms with E-state index in [9.17, 15) is 13.2 Å². The lowest BCUT2D eigenvalue weighted by Crippen LogP contribution is -2.33. The molecular formula is C27H35ClN6O5S. The van der Waals surface area contributed by atoms with Gasteiger partial charge in [0.1, 0.15) is 5.15 Å². The number of nitrogens with zero attached hydrogens (tertiary/aromatic N) is 5. The third-order valence-corrected chi connectivity index (χ3v) is 9.34. The van der Waals surface area contributed by atoms with E-state index >= 15 is 0 Å². The van der Waals surface area contributed by atoms with E-state index in [0.717, 1.165) is 25.7 Å². The summed E-state index contributed by atoms with van der Waals surface area (Å²) >= 11 is 6.28. The van der Waals surface area contributed by atoms with Crippen molar-refractivity contribution in [2.45, 2.75) is 77.0 Å². The van der Waals surface area contributed by atoms with Crippen molar-refractivity contribution in [1.82, 2.24) is 29.3 Å². The van der Waals surface area contributed by atoms with Gasteiger partial charge < -0.3 is 9.47 Å². The molecule has 0 saturated heterocycles. The van der Waals surface area contributed by atoms with Crippen molar-refractivity contribution in [2.24, 2.45) is 10.8 Å². The Bertz CT molecular complexity index is 1480. The summed E-state index contributed by atoms with van der Waals surface area (Å²) in [5, 5.41) is 8.15. The smallest absolute Gasteiger partial charge is 0.281 e. The van der Waals surface area contributed by atoms with Gasteiger partial charge in [0.25, 0.3) is 15.9 Å². The maximum atomic E-state index is 13.0. The molecule has 3 aromatic rings. The SMILES string of the molecule is CC1(C)CCC(OCCn2nccc2S(=O)(=O)NC(=O)c2ccc(-n3ccc(OCCC4(C)CC4)n3)nc2Cl)C1. The molecule has 3 heterocycles. The second-order valence-electron chi connectivity index (χ2n) is 11.7. The lowest BCUT2D eigenvalue weighted by Gasteiger charge is -2.17. The van der Waals surface area contributed by atoms with Crippen molar-refractivity contribution in [3.8, 4) is 11.7 Å². The van der Waals surface area contributed by atoms with Gasteiger partial charge in [0.15, 0.2) is 10.8 Å². The number of nitrogens with one attached hydrogen (secondary N) is 1. The molecule has 2 fully saturated rings. The normalized spacial score (nSPS) is 19.4. The number of carbonyl (C=O) groups excluding carboxylic acids is 1. The van der Waals surface area contributed by atoms with Crippen molar-refractivity contribution in [3.63, 3.8) is 0 Å². The highest BCUT2D eigenvalue weighted by Gasteiger charge is 2.36. The minimum Gasteiger partial charge on any atom is -0.477 e. The van der Waals surface area contributed by atoms with Gasteiger partial charge in [0.05, 0.1) is 37.6 Å². The molecule has 2 aliphatic carbocycles. The topological polar surface area (TPSA) is 130 Å². The van der Waals surface area contributed by atoms with Gasteiger partial charge in [-0.2, -0.15) is 13.5 Å². The Morgan fingerprint density at radius 2 is 1.95 bits per heavy atom. The van der Waals surface area contributed by atoms with Gasteiger partial charge in [-0.25, -0.2) is 14.4 Å². The van der Waals surface area contributed by atoms with Crippen LogP contribution in [0.3, 0.4) is 0 Å². The number of pyridine rings is 1. The second kappa shape index (κ2) is 11.1. The second-order valence-corrected chi connectivity index (χ2v) is 13.7. The quantitative estimate of drug-likeness (QED) is 0.307. The van der Waals surface area contributed by atoms with E-state index in [4.69, 9.17) is 21.1 Å². The summed E-state index contributed by atoms with van der Waals surface area (Å²) in [6.07, 6.45) is 9.68. The van der Waals surface area contributed by atoms with Crippen LogP contribution in [-0.2, 0) is 21.3 Å². The van der Waals surface area contributed by atoms with E-state index in [1.807, 2.05) is 0 Å². The van der Waals surface area contributed by atoms with Gasteiger partial charge in [-0.3, -0.25) is 9.48 Å². The Hall–Kier alpha value is -2.96. The number of ether oxygens (including phenoxy) is 2. The summed E-state index contributed by atoms with van der Waals surface area (Å²) in [5.41, 5.74) is 0.559. The first-order chi connectivity index (χ1) is 18.9. The summed E-state index contributed by atoms with van der Waals surface area (Å²) in [6.45, 7) is 7.81. The maximum absolute atomic E-state index is 13.0. The van der Waals surface area contributed by atoms with E-state index < -0.39 is 15.9 Å². The Balaban J connectivity index is 1.18. The highest BCUT2D eigenvalue weighted by atomic mass is 35.5. The van der Waals surface area contributed by atoms with Crippen LogP contribution in [0.15, 0.2) is 41.7 Å². The average molecular weight is 591 g/mol. The van der Waals surface area contributed by atoms with Crippen molar-refractivity contribution in [1.29, 1.82) is 0 Å². The molecule has 13 heteroatoms. The molecule has 0 radical (unpaired) electrons. The van der Waals surface area contributed by atoms with Crippen LogP contribution in [-0.4, -0.2) is 58.2 Å². The van der Waals surface area contributed by atoms with Crippen LogP contribution in [0.5, 0.6) is 5.88 Å². The molecule has 1 unspecified atom stereocenters. The van der Waals surface area contributed by atoms with Crippen LogP contribution in [0, 0.1) is 10.8 Å². The molecule has 11 nitrogen and oxygen atoms in total. The number of halogens is 1. The molecule has 0 aromatic carbocycles. The van der Waals surface area contributed by atoms with E-state index in [-0.39, 0.29) is 33.8 Å². The van der Waals surface area contributed by atoms with Crippen molar-refractivity contribution >= 4 is 27.5 Å². The summed E-state index contributed by atoms with van der Waals surface area (Å²) in [7, 11) is -4.23. The standard InChI is InChI=1S/C27H35ClN6O5S/c1-26(2)9-6-19(18-26)38-17-15-34-23(7-13-29-34)40(36,37)32-25(35)20-4-5-21(30-24(20)28)33-14-8-22(31-33)39-16-12-27(3)10-11-27/h4-5,7-8,13-14,19H,6,9-12,15-18H2,1-3H3,(H,32,35). The predicted molar refractivity (Wildman–Crippen MR) is 148 cm³/mol. The highest BCUT2D eigenvalue weighted by Crippen LogP contribution is 2.47. The summed E-state index contributed by atoms with van der Waals surface area (Å²) in [6, 6.07) is 5.99. The van der Waals surface area contributed by atoms with Crippen LogP contribution in [0.4, 0.5) is 0 Å². The van der Waals surface area contributed by atoms with Gasteiger partial charge in [-0.05, 0) is 67.6 Å². The molecule has 0 aliphatic heterocycles. The van der Waals surface area contributed by atoms with Crippen LogP contribution in [0.2, 0.25) is 5.15 Å². The van der Waals surface area contributed by atoms with Crippen molar-refractivity contribution < 1.29 is 22.7 Å². The number of hydrogen-bond acceptors (Lipinski definition) is 8. The third kappa shape index (κ3) is 6.84. The Morgan fingerprint density at radius 1 is 1.15 bits per heavy atom. The third-order valence-electron chi connectivity index (χ3n) is 7.70. The molecule has 1 amide bonds. The van der Waals surface area contributed by atoms with Crippen molar-refractivity contribution in [3.05, 3.63) is 47.4 Å². The molecular weight excluding hydrogens is 556 g/mol. The molecule has 1 atom stereocenters. The predicted octanol–water partition coefficient (Wildman–Crippen LogP) is 4.40. The zero-order valence-corrected chi connectivity index (χ0v) is 24.5. The number of carbonyl (C=O) groups is 1. The fraction of sp³-hybridized carbons (Fsp3) is 0.556. The minimum absolute atomic E-state index is 0.0893. The monoisotopic (exact) mass is 590 g/mol. The average Bonchev–Trinajstić information content (AvgIpc) is 3.27. The molecule has 3 aromatic heterocycles. The molecule has 0 bridgehead atoms. The fourth-order valence-electron chi connectivity index (χ4n) is 4.87. The molecule has 40 heavy (non-hydrogen) atoms. The summed E-state index contributed by atoms with van der Waals surface area (Å²) in [5.74, 6) is -0.0828. The molecule has 2 aliphatic rings. The Labute approximate surface area is 239 Å². The van der Waals surface area contributed by atoms with Crippen LogP contribution >= 0.6 is 11.6 Å². The van der Waals surface area contributed by atoms with E-state index in [0.29, 0.717) is 30.3 Å². The van der Waals surface area contributed by atoms with Crippen LogP contribution in [0.1, 0.15) is 69.7 Å². The van der Waals surface area contributed by atoms with Gasteiger partial charge >= 0.3 is 0 Å². The van der Waals surface area contributed by atoms with E-state index in [1.54, 1.807) is 12.3 Å². The highest BCUT2D eigenvalue weighted by molar-refractivity contribution is 7.90. The lowest BCUT2D eigenvalue weighted by molar-refractivity contribution is 0.0438. The van der Waals surface area contributed by atoms with Gasteiger partial charge in [0.2, 0.25) is 5.88 Å². The van der Waals surface area contributed by atoms with Crippen LogP contribution < -0.4 is 9.46 Å². The zero-order valence-electron chi connectivity index (χ0n) is 23.0. The first-order valence-corrected chi connectivity index (χ1v) is 15.4. The van der Waals surface area contributed by atoms with Crippen LogP contribution in [0.25, 0.3) is 5.82 Å². The first kappa shape index (κ1) is 28.6. The zero-order chi connectivity index (χ0) is 28.5. The van der Waals surface area contributed by atoms with Gasteiger partial charge in [-0.1, -0.05) is 32.4 Å². The molecule has 1 N–H and O–H groups in total. The maximum Gasteiger partial charge on any atom is 0.281 e. The minimum atomic E-state index is -4.23. The fourth-order valence-corrected chi connectivity index (χ4v) is 6.22. The molecule has 216 valence electrons. The number of sulfonamides is 1. The van der Waals surface area contributed by atoms with E-state index in [1.165, 1.54) is 46.6 Å². The van der Waals surface area contributed by atoms with Gasteiger partial charge in [-0.15, -0.1) is 5.10 Å². The summed E-state index contributed by atoms with van der Waals surface area (Å²) in [4.78, 5) is 17.1. The molecule has 0 spiro atoms. The number of amides is 1. The number of rotatable bonds is 12. The summed E-state index contributed by atoms with van der Waals surface area (Å²) < 4.78 is 42.6. The lowest BCUT2D eigenvalue weighted by atomic mass is 9.92. The number of hydrogen-bond donors (Lipinski definition) is 1. The van der Waals surface area contributed by atoms with E-state index in [2.05, 4.69) is 40.7 Å².